The molecule has 7 N–H and O–H groups in total. The average Bonchev–Trinajstić information content (AvgIpc) is 2.89. The molecule has 3 aliphatic carbocycles. The second-order valence-electron chi connectivity index (χ2n) is 11.3. The van der Waals surface area contributed by atoms with Crippen molar-refractivity contribution in [3.63, 3.8) is 0 Å². The molecule has 0 fully saturated rings. The molecular formula is C31H31N3O8. The predicted octanol–water partition coefficient (Wildman–Crippen LogP) is 1.29. The van der Waals surface area contributed by atoms with Crippen LogP contribution in [0.15, 0.2) is 53.0 Å². The van der Waals surface area contributed by atoms with Crippen molar-refractivity contribution in [1.82, 2.24) is 4.90 Å². The fraction of sp³-hybridized carbons (Fsp3) is 0.323. The van der Waals surface area contributed by atoms with E-state index in [1.54, 1.807) is 51.3 Å². The lowest BCUT2D eigenvalue weighted by Gasteiger charge is -2.50. The van der Waals surface area contributed by atoms with Gasteiger partial charge in [0, 0.05) is 36.8 Å². The monoisotopic (exact) mass is 573 g/mol. The molecule has 2 aromatic rings. The maximum atomic E-state index is 14.1. The van der Waals surface area contributed by atoms with Crippen LogP contribution in [0.25, 0.3) is 0 Å². The van der Waals surface area contributed by atoms with E-state index in [0.717, 1.165) is 0 Å². The van der Waals surface area contributed by atoms with Gasteiger partial charge in [-0.3, -0.25) is 19.3 Å². The zero-order valence-corrected chi connectivity index (χ0v) is 23.5. The van der Waals surface area contributed by atoms with Crippen LogP contribution >= 0.6 is 0 Å². The first-order valence-corrected chi connectivity index (χ1v) is 13.2. The van der Waals surface area contributed by atoms with Gasteiger partial charge in [-0.2, -0.15) is 0 Å². The number of benzene rings is 2. The molecule has 0 saturated carbocycles. The molecule has 4 atom stereocenters. The highest BCUT2D eigenvalue weighted by Gasteiger charge is 2.63. The first kappa shape index (κ1) is 28.7. The van der Waals surface area contributed by atoms with E-state index in [9.17, 15) is 39.9 Å². The summed E-state index contributed by atoms with van der Waals surface area (Å²) in [6.45, 7) is 0. The Morgan fingerprint density at radius 2 is 1.74 bits per heavy atom. The van der Waals surface area contributed by atoms with Gasteiger partial charge in [0.2, 0.25) is 5.78 Å². The topological polar surface area (TPSA) is 185 Å². The summed E-state index contributed by atoms with van der Waals surface area (Å²) < 4.78 is 0. The summed E-state index contributed by atoms with van der Waals surface area (Å²) >= 11 is 0. The molecule has 11 nitrogen and oxygen atoms in total. The van der Waals surface area contributed by atoms with E-state index in [-0.39, 0.29) is 35.3 Å². The van der Waals surface area contributed by atoms with Gasteiger partial charge >= 0.3 is 0 Å². The van der Waals surface area contributed by atoms with E-state index in [1.165, 1.54) is 17.0 Å². The minimum Gasteiger partial charge on any atom is -0.510 e. The lowest BCUT2D eigenvalue weighted by molar-refractivity contribution is -0.148. The fourth-order valence-corrected chi connectivity index (χ4v) is 6.52. The first-order chi connectivity index (χ1) is 19.7. The number of carbonyl (C=O) groups is 3. The number of aliphatic hydroxyl groups excluding tert-OH is 2. The number of hydrogen-bond acceptors (Lipinski definition) is 10. The fourth-order valence-electron chi connectivity index (χ4n) is 6.52. The van der Waals surface area contributed by atoms with E-state index in [4.69, 9.17) is 5.73 Å². The van der Waals surface area contributed by atoms with E-state index in [0.29, 0.717) is 16.8 Å². The number of nitrogens with zero attached hydrogens (tertiary/aromatic N) is 2. The van der Waals surface area contributed by atoms with E-state index in [1.807, 2.05) is 0 Å². The van der Waals surface area contributed by atoms with Gasteiger partial charge in [0.1, 0.15) is 28.6 Å². The number of likely N-dealkylation sites (N-methyl/N-ethyl adjacent to an activating group) is 1. The zero-order chi connectivity index (χ0) is 30.8. The highest BCUT2D eigenvalue weighted by Crippen LogP contribution is 2.53. The molecular weight excluding hydrogens is 542 g/mol. The molecule has 0 spiro atoms. The number of aromatic hydroxyl groups is 2. The van der Waals surface area contributed by atoms with Crippen molar-refractivity contribution >= 4 is 23.2 Å². The van der Waals surface area contributed by atoms with Gasteiger partial charge in [-0.15, -0.1) is 0 Å². The minimum atomic E-state index is -2.71. The Kier molecular flexibility index (Phi) is 6.80. The van der Waals surface area contributed by atoms with Crippen molar-refractivity contribution < 1.29 is 39.9 Å². The number of phenolic OH excluding ortho intramolecular Hbond substituents is 2. The zero-order valence-electron chi connectivity index (χ0n) is 23.5. The standard InChI is InChI=1S/C31H31N3O8/c1-33(2)20-13-15(9-8-14-6-5-7-17(35)10-14)25(36)22-18(20)11-16-12-19-24(34(3)4)27(38)23(30(32)41)29(40)31(19,42)28(39)21(16)26(22)37/h5-7,10,13,16,19,24,35-36,38-39,42H,11-12H2,1-4H3,(H2,32,41)/t16-,19-,24+,31-/m1/s1. The predicted molar refractivity (Wildman–Crippen MR) is 152 cm³/mol. The van der Waals surface area contributed by atoms with E-state index >= 15 is 0 Å². The highest BCUT2D eigenvalue weighted by atomic mass is 16.3. The van der Waals surface area contributed by atoms with Crippen LogP contribution in [0.5, 0.6) is 11.5 Å². The Balaban J connectivity index is 1.71. The molecule has 2 aromatic carbocycles. The van der Waals surface area contributed by atoms with E-state index < -0.39 is 63.8 Å². The molecule has 0 bridgehead atoms. The quantitative estimate of drug-likeness (QED) is 0.231. The molecule has 0 aromatic heterocycles. The number of fused-ring (bicyclic) bond motifs is 3. The summed E-state index contributed by atoms with van der Waals surface area (Å²) in [5.74, 6) is -1.41. The van der Waals surface area contributed by atoms with Crippen LogP contribution in [0.4, 0.5) is 5.69 Å². The summed E-state index contributed by atoms with van der Waals surface area (Å²) in [6.07, 6.45) is 0.161. The summed E-state index contributed by atoms with van der Waals surface area (Å²) in [5, 5.41) is 55.2. The maximum absolute atomic E-state index is 14.1. The van der Waals surface area contributed by atoms with Crippen LogP contribution in [0.3, 0.4) is 0 Å². The van der Waals surface area contributed by atoms with Crippen molar-refractivity contribution in [3.8, 4) is 23.3 Å². The van der Waals surface area contributed by atoms with Gasteiger partial charge in [-0.05, 0) is 62.7 Å². The summed E-state index contributed by atoms with van der Waals surface area (Å²) in [7, 11) is 6.69. The maximum Gasteiger partial charge on any atom is 0.255 e. The van der Waals surface area contributed by atoms with Crippen LogP contribution in [0, 0.1) is 23.7 Å². The lowest BCUT2D eigenvalue weighted by Crippen LogP contribution is -2.63. The number of phenols is 2. The summed E-state index contributed by atoms with van der Waals surface area (Å²) in [4.78, 5) is 43.0. The van der Waals surface area contributed by atoms with Crippen LogP contribution in [0.1, 0.15) is 33.5 Å². The van der Waals surface area contributed by atoms with Gasteiger partial charge < -0.3 is 36.2 Å². The lowest BCUT2D eigenvalue weighted by atomic mass is 9.58. The molecule has 42 heavy (non-hydrogen) atoms. The van der Waals surface area contributed by atoms with Crippen molar-refractivity contribution in [1.29, 1.82) is 0 Å². The Hall–Kier alpha value is -4.79. The third-order valence-electron chi connectivity index (χ3n) is 8.37. The van der Waals surface area contributed by atoms with Gasteiger partial charge in [-0.1, -0.05) is 17.9 Å². The number of amides is 1. The second-order valence-corrected chi connectivity index (χ2v) is 11.3. The minimum absolute atomic E-state index is 0.00154. The Morgan fingerprint density at radius 3 is 2.33 bits per heavy atom. The third-order valence-corrected chi connectivity index (χ3v) is 8.37. The van der Waals surface area contributed by atoms with Gasteiger partial charge in [0.25, 0.3) is 5.91 Å². The normalized spacial score (nSPS) is 25.0. The van der Waals surface area contributed by atoms with Gasteiger partial charge in [0.05, 0.1) is 17.2 Å². The van der Waals surface area contributed by atoms with E-state index in [2.05, 4.69) is 11.8 Å². The molecule has 0 aliphatic heterocycles. The molecule has 1 amide bonds. The molecule has 0 saturated heterocycles. The molecule has 0 radical (unpaired) electrons. The molecule has 3 aliphatic rings. The van der Waals surface area contributed by atoms with Gasteiger partial charge in [-0.25, -0.2) is 0 Å². The second kappa shape index (κ2) is 9.94. The number of aliphatic hydroxyl groups is 3. The molecule has 11 heteroatoms. The smallest absolute Gasteiger partial charge is 0.255 e. The molecule has 0 unspecified atom stereocenters. The highest BCUT2D eigenvalue weighted by molar-refractivity contribution is 6.25. The third kappa shape index (κ3) is 4.10. The Morgan fingerprint density at radius 1 is 1.05 bits per heavy atom. The Bertz CT molecular complexity index is 1690. The van der Waals surface area contributed by atoms with Crippen LogP contribution in [-0.4, -0.2) is 87.7 Å². The van der Waals surface area contributed by atoms with Crippen molar-refractivity contribution in [3.05, 3.63) is 75.3 Å². The number of Topliss-reactive ketones (excluding diaryl/α,β-unsaturated/α-hetero) is 2. The molecule has 218 valence electrons. The number of primary amides is 1. The number of allylic oxidation sites excluding steroid dienone is 1. The Labute approximate surface area is 241 Å². The van der Waals surface area contributed by atoms with Gasteiger partial charge in [0.15, 0.2) is 11.4 Å². The number of anilines is 1. The van der Waals surface area contributed by atoms with Crippen molar-refractivity contribution in [2.75, 3.05) is 33.1 Å². The number of rotatable bonds is 3. The van der Waals surface area contributed by atoms with Crippen molar-refractivity contribution in [2.45, 2.75) is 24.5 Å². The van der Waals surface area contributed by atoms with Crippen LogP contribution in [-0.2, 0) is 16.0 Å². The average molecular weight is 574 g/mol. The summed E-state index contributed by atoms with van der Waals surface area (Å²) in [6, 6.07) is 6.80. The molecule has 0 heterocycles. The SMILES string of the molecule is CN(C)c1cc(C#Cc2cccc(O)c2)c(O)c2c1C[C@@H]1C[C@@H]3[C@H](N(C)C)C(O)=C(C(N)=O)C(=O)[C@]3(O)C(O)=C1C2=O. The van der Waals surface area contributed by atoms with Crippen LogP contribution < -0.4 is 10.6 Å². The first-order valence-electron chi connectivity index (χ1n) is 13.2. The number of hydrogen-bond donors (Lipinski definition) is 6. The number of carbonyl (C=O) groups excluding carboxylic acids is 3. The number of ketones is 2. The summed E-state index contributed by atoms with van der Waals surface area (Å²) in [5.41, 5.74) is 3.13. The van der Waals surface area contributed by atoms with Crippen LogP contribution in [0.2, 0.25) is 0 Å². The molecule has 5 rings (SSSR count). The largest absolute Gasteiger partial charge is 0.510 e. The number of nitrogens with two attached hydrogens (primary N) is 1. The van der Waals surface area contributed by atoms with Crippen molar-refractivity contribution in [2.24, 2.45) is 17.6 Å².